The Morgan fingerprint density at radius 1 is 0.895 bits per heavy atom. The molecular formula is C15H14N4. The lowest BCUT2D eigenvalue weighted by Crippen LogP contribution is -1.99. The van der Waals surface area contributed by atoms with Crippen LogP contribution in [0.5, 0.6) is 0 Å². The molecule has 0 saturated carbocycles. The Morgan fingerprint density at radius 2 is 1.68 bits per heavy atom. The molecule has 19 heavy (non-hydrogen) atoms. The highest BCUT2D eigenvalue weighted by Gasteiger charge is 2.02. The van der Waals surface area contributed by atoms with Gasteiger partial charge in [0.25, 0.3) is 0 Å². The second-order valence-corrected chi connectivity index (χ2v) is 4.19. The number of nitrogens with zero attached hydrogens (tertiary/aromatic N) is 2. The summed E-state index contributed by atoms with van der Waals surface area (Å²) in [7, 11) is 1.83. The quantitative estimate of drug-likeness (QED) is 0.748. The van der Waals surface area contributed by atoms with Gasteiger partial charge in [0, 0.05) is 18.1 Å². The third-order valence-corrected chi connectivity index (χ3v) is 2.94. The first-order valence-corrected chi connectivity index (χ1v) is 6.11. The van der Waals surface area contributed by atoms with Gasteiger partial charge in [-0.2, -0.15) is 0 Å². The van der Waals surface area contributed by atoms with Crippen LogP contribution in [-0.2, 0) is 0 Å². The summed E-state index contributed by atoms with van der Waals surface area (Å²) in [5.41, 5.74) is 1.03. The van der Waals surface area contributed by atoms with E-state index in [0.29, 0.717) is 0 Å². The van der Waals surface area contributed by atoms with Crippen molar-refractivity contribution >= 4 is 28.1 Å². The highest BCUT2D eigenvalue weighted by atomic mass is 15.1. The summed E-state index contributed by atoms with van der Waals surface area (Å²) in [6.07, 6.45) is 3.40. The molecule has 4 nitrogen and oxygen atoms in total. The Bertz CT molecular complexity index is 704. The first-order valence-electron chi connectivity index (χ1n) is 6.11. The Kier molecular flexibility index (Phi) is 2.98. The second kappa shape index (κ2) is 4.94. The average molecular weight is 250 g/mol. The van der Waals surface area contributed by atoms with Gasteiger partial charge in [-0.25, -0.2) is 4.98 Å². The fraction of sp³-hybridized carbons (Fsp3) is 0.0667. The Morgan fingerprint density at radius 3 is 2.58 bits per heavy atom. The lowest BCUT2D eigenvalue weighted by Gasteiger charge is -2.09. The van der Waals surface area contributed by atoms with Crippen molar-refractivity contribution < 1.29 is 0 Å². The highest BCUT2D eigenvalue weighted by Crippen LogP contribution is 2.25. The van der Waals surface area contributed by atoms with Crippen molar-refractivity contribution in [3.8, 4) is 0 Å². The van der Waals surface area contributed by atoms with Crippen molar-refractivity contribution in [2.24, 2.45) is 0 Å². The van der Waals surface area contributed by atoms with E-state index in [9.17, 15) is 0 Å². The second-order valence-electron chi connectivity index (χ2n) is 4.19. The van der Waals surface area contributed by atoms with Crippen LogP contribution >= 0.6 is 0 Å². The number of fused-ring (bicyclic) bond motifs is 1. The molecule has 0 aliphatic carbocycles. The van der Waals surface area contributed by atoms with E-state index < -0.39 is 0 Å². The van der Waals surface area contributed by atoms with Crippen molar-refractivity contribution in [1.82, 2.24) is 9.97 Å². The van der Waals surface area contributed by atoms with Crippen molar-refractivity contribution in [2.45, 2.75) is 0 Å². The zero-order valence-corrected chi connectivity index (χ0v) is 10.6. The summed E-state index contributed by atoms with van der Waals surface area (Å²) in [5.74, 6) is 1.47. The number of hydrogen-bond acceptors (Lipinski definition) is 4. The fourth-order valence-electron chi connectivity index (χ4n) is 2.02. The van der Waals surface area contributed by atoms with E-state index in [1.54, 1.807) is 12.4 Å². The van der Waals surface area contributed by atoms with Crippen LogP contribution in [0.15, 0.2) is 54.9 Å². The summed E-state index contributed by atoms with van der Waals surface area (Å²) in [6.45, 7) is 0. The lowest BCUT2D eigenvalue weighted by molar-refractivity contribution is 1.19. The molecule has 0 bridgehead atoms. The lowest BCUT2D eigenvalue weighted by atomic mass is 10.1. The van der Waals surface area contributed by atoms with Crippen LogP contribution in [0.2, 0.25) is 0 Å². The normalized spacial score (nSPS) is 10.4. The molecule has 0 radical (unpaired) electrons. The van der Waals surface area contributed by atoms with Crippen LogP contribution in [0.4, 0.5) is 17.3 Å². The molecule has 94 valence electrons. The van der Waals surface area contributed by atoms with Gasteiger partial charge in [-0.05, 0) is 11.5 Å². The zero-order valence-electron chi connectivity index (χ0n) is 10.6. The van der Waals surface area contributed by atoms with Gasteiger partial charge in [-0.3, -0.25) is 4.98 Å². The standard InChI is InChI=1S/C15H14N4/c1-16-14-9-17-10-15(19-14)18-13-8-4-6-11-5-2-3-7-12(11)13/h2-10H,1H3,(H2,16,18,19). The van der Waals surface area contributed by atoms with E-state index in [1.165, 1.54) is 10.8 Å². The third-order valence-electron chi connectivity index (χ3n) is 2.94. The minimum Gasteiger partial charge on any atom is -0.372 e. The molecule has 2 aromatic carbocycles. The zero-order chi connectivity index (χ0) is 13.1. The molecule has 0 amide bonds. The van der Waals surface area contributed by atoms with Crippen LogP contribution < -0.4 is 10.6 Å². The molecule has 0 spiro atoms. The summed E-state index contributed by atoms with van der Waals surface area (Å²) >= 11 is 0. The van der Waals surface area contributed by atoms with Crippen molar-refractivity contribution in [2.75, 3.05) is 17.7 Å². The molecule has 2 N–H and O–H groups in total. The first kappa shape index (κ1) is 11.5. The number of aromatic nitrogens is 2. The molecule has 1 aromatic heterocycles. The summed E-state index contributed by atoms with van der Waals surface area (Å²) < 4.78 is 0. The number of nitrogens with one attached hydrogen (secondary N) is 2. The smallest absolute Gasteiger partial charge is 0.151 e. The Labute approximate surface area is 111 Å². The highest BCUT2D eigenvalue weighted by molar-refractivity contribution is 5.95. The predicted molar refractivity (Wildman–Crippen MR) is 78.8 cm³/mol. The number of benzene rings is 2. The predicted octanol–water partition coefficient (Wildman–Crippen LogP) is 3.42. The van der Waals surface area contributed by atoms with Gasteiger partial charge in [0.15, 0.2) is 5.82 Å². The van der Waals surface area contributed by atoms with E-state index in [-0.39, 0.29) is 0 Å². The third kappa shape index (κ3) is 2.33. The summed E-state index contributed by atoms with van der Waals surface area (Å²) in [6, 6.07) is 14.4. The van der Waals surface area contributed by atoms with Crippen LogP contribution in [0.3, 0.4) is 0 Å². The largest absolute Gasteiger partial charge is 0.372 e. The molecule has 0 unspecified atom stereocenters. The number of hydrogen-bond donors (Lipinski definition) is 2. The molecule has 4 heteroatoms. The number of anilines is 3. The van der Waals surface area contributed by atoms with Gasteiger partial charge in [-0.1, -0.05) is 36.4 Å². The summed E-state index contributed by atoms with van der Waals surface area (Å²) in [5, 5.41) is 8.65. The number of rotatable bonds is 3. The minimum absolute atomic E-state index is 0.725. The molecule has 3 aromatic rings. The van der Waals surface area contributed by atoms with Crippen LogP contribution in [-0.4, -0.2) is 17.0 Å². The van der Waals surface area contributed by atoms with Crippen molar-refractivity contribution in [1.29, 1.82) is 0 Å². The van der Waals surface area contributed by atoms with Crippen molar-refractivity contribution in [3.63, 3.8) is 0 Å². The molecule has 0 fully saturated rings. The molecule has 0 aliphatic heterocycles. The van der Waals surface area contributed by atoms with E-state index in [1.807, 2.05) is 31.3 Å². The molecule has 1 heterocycles. The maximum Gasteiger partial charge on any atom is 0.151 e. The van der Waals surface area contributed by atoms with Gasteiger partial charge in [0.2, 0.25) is 0 Å². The van der Waals surface area contributed by atoms with Gasteiger partial charge in [0.1, 0.15) is 5.82 Å². The topological polar surface area (TPSA) is 49.8 Å². The van der Waals surface area contributed by atoms with E-state index in [2.05, 4.69) is 38.8 Å². The van der Waals surface area contributed by atoms with Gasteiger partial charge in [0.05, 0.1) is 12.4 Å². The molecule has 0 atom stereocenters. The van der Waals surface area contributed by atoms with Crippen LogP contribution in [0.25, 0.3) is 10.8 Å². The van der Waals surface area contributed by atoms with Crippen LogP contribution in [0, 0.1) is 0 Å². The van der Waals surface area contributed by atoms with Crippen LogP contribution in [0.1, 0.15) is 0 Å². The molecule has 3 rings (SSSR count). The Hall–Kier alpha value is -2.62. The van der Waals surface area contributed by atoms with E-state index in [4.69, 9.17) is 0 Å². The average Bonchev–Trinajstić information content (AvgIpc) is 2.48. The maximum absolute atomic E-state index is 4.41. The first-order chi connectivity index (χ1) is 9.36. The minimum atomic E-state index is 0.725. The summed E-state index contributed by atoms with van der Waals surface area (Å²) in [4.78, 5) is 8.55. The molecule has 0 saturated heterocycles. The monoisotopic (exact) mass is 250 g/mol. The van der Waals surface area contributed by atoms with Gasteiger partial charge >= 0.3 is 0 Å². The van der Waals surface area contributed by atoms with Gasteiger partial charge < -0.3 is 10.6 Å². The fourth-order valence-corrected chi connectivity index (χ4v) is 2.02. The van der Waals surface area contributed by atoms with Crippen molar-refractivity contribution in [3.05, 3.63) is 54.9 Å². The maximum atomic E-state index is 4.41. The van der Waals surface area contributed by atoms with Gasteiger partial charge in [-0.15, -0.1) is 0 Å². The molecule has 0 aliphatic rings. The molecular weight excluding hydrogens is 236 g/mol. The van der Waals surface area contributed by atoms with E-state index >= 15 is 0 Å². The SMILES string of the molecule is CNc1cncc(Nc2cccc3ccccc23)n1. The van der Waals surface area contributed by atoms with E-state index in [0.717, 1.165) is 17.3 Å². The Balaban J connectivity index is 2.01.